The minimum Gasteiger partial charge on any atom is -0.469 e. The van der Waals surface area contributed by atoms with E-state index in [2.05, 4.69) is 4.74 Å². The van der Waals surface area contributed by atoms with Crippen LogP contribution in [0.25, 0.3) is 0 Å². The van der Waals surface area contributed by atoms with Crippen molar-refractivity contribution in [1.29, 1.82) is 0 Å². The van der Waals surface area contributed by atoms with Gasteiger partial charge in [0.1, 0.15) is 0 Å². The average Bonchev–Trinajstić information content (AvgIpc) is 2.28. The van der Waals surface area contributed by atoms with Crippen LogP contribution in [0.2, 0.25) is 0 Å². The number of carbonyl (C=O) groups is 1. The normalized spacial score (nSPS) is 12.2. The van der Waals surface area contributed by atoms with Gasteiger partial charge >= 0.3 is 5.97 Å². The second-order valence-electron chi connectivity index (χ2n) is 3.65. The summed E-state index contributed by atoms with van der Waals surface area (Å²) in [5.74, 6) is -0.281. The fourth-order valence-corrected chi connectivity index (χ4v) is 1.52. The van der Waals surface area contributed by atoms with Crippen LogP contribution in [-0.2, 0) is 22.5 Å². The van der Waals surface area contributed by atoms with E-state index in [-0.39, 0.29) is 11.9 Å². The minimum absolute atomic E-state index is 0.108. The minimum atomic E-state index is -0.173. The Morgan fingerprint density at radius 2 is 2.13 bits per heavy atom. The summed E-state index contributed by atoms with van der Waals surface area (Å²) >= 11 is 0. The molecule has 82 valence electrons. The van der Waals surface area contributed by atoms with Gasteiger partial charge in [0.15, 0.2) is 0 Å². The van der Waals surface area contributed by atoms with Gasteiger partial charge in [-0.15, -0.1) is 0 Å². The van der Waals surface area contributed by atoms with Gasteiger partial charge in [0.2, 0.25) is 0 Å². The Bertz CT molecular complexity index is 336. The maximum Gasteiger partial charge on any atom is 0.308 e. The molecule has 2 N–H and O–H groups in total. The molecule has 0 bridgehead atoms. The molecule has 0 radical (unpaired) electrons. The van der Waals surface area contributed by atoms with Crippen molar-refractivity contribution in [1.82, 2.24) is 0 Å². The van der Waals surface area contributed by atoms with E-state index in [0.717, 1.165) is 11.1 Å². The maximum atomic E-state index is 11.2. The highest BCUT2D eigenvalue weighted by Crippen LogP contribution is 2.11. The fourth-order valence-electron chi connectivity index (χ4n) is 1.52. The number of ether oxygens (including phenoxy) is 1. The molecule has 1 rings (SSSR count). The predicted molar refractivity (Wildman–Crippen MR) is 59.2 cm³/mol. The van der Waals surface area contributed by atoms with Crippen LogP contribution in [0, 0.1) is 5.92 Å². The second-order valence-corrected chi connectivity index (χ2v) is 3.65. The Hall–Kier alpha value is -1.35. The van der Waals surface area contributed by atoms with E-state index in [0.29, 0.717) is 13.0 Å². The van der Waals surface area contributed by atoms with Gasteiger partial charge in [-0.25, -0.2) is 0 Å². The first kappa shape index (κ1) is 11.7. The molecule has 0 aliphatic rings. The van der Waals surface area contributed by atoms with Crippen LogP contribution in [0.4, 0.5) is 0 Å². The molecule has 0 aliphatic heterocycles. The fraction of sp³-hybridized carbons (Fsp3) is 0.417. The lowest BCUT2D eigenvalue weighted by Gasteiger charge is -2.09. The Morgan fingerprint density at radius 3 is 2.73 bits per heavy atom. The van der Waals surface area contributed by atoms with E-state index < -0.39 is 0 Å². The largest absolute Gasteiger partial charge is 0.469 e. The van der Waals surface area contributed by atoms with Gasteiger partial charge in [-0.1, -0.05) is 31.2 Å². The van der Waals surface area contributed by atoms with E-state index in [4.69, 9.17) is 5.73 Å². The smallest absolute Gasteiger partial charge is 0.308 e. The highest BCUT2D eigenvalue weighted by molar-refractivity contribution is 5.72. The quantitative estimate of drug-likeness (QED) is 0.761. The lowest BCUT2D eigenvalue weighted by atomic mass is 10.00. The van der Waals surface area contributed by atoms with Gasteiger partial charge in [0.25, 0.3) is 0 Å². The van der Waals surface area contributed by atoms with Crippen LogP contribution in [-0.4, -0.2) is 13.1 Å². The van der Waals surface area contributed by atoms with E-state index in [9.17, 15) is 4.79 Å². The average molecular weight is 207 g/mol. The van der Waals surface area contributed by atoms with E-state index >= 15 is 0 Å². The first-order valence-electron chi connectivity index (χ1n) is 5.03. The number of esters is 1. The zero-order valence-electron chi connectivity index (χ0n) is 9.19. The van der Waals surface area contributed by atoms with Gasteiger partial charge < -0.3 is 10.5 Å². The first-order chi connectivity index (χ1) is 7.17. The standard InChI is InChI=1S/C12H17NO2/c1-9(12(14)15-2)6-10-4-3-5-11(7-10)8-13/h3-5,7,9H,6,8,13H2,1-2H3. The van der Waals surface area contributed by atoms with Gasteiger partial charge in [-0.2, -0.15) is 0 Å². The van der Waals surface area contributed by atoms with E-state index in [1.165, 1.54) is 7.11 Å². The van der Waals surface area contributed by atoms with Crippen molar-refractivity contribution in [3.05, 3.63) is 35.4 Å². The third kappa shape index (κ3) is 3.36. The molecule has 1 aromatic rings. The topological polar surface area (TPSA) is 52.3 Å². The van der Waals surface area contributed by atoms with Gasteiger partial charge in [-0.05, 0) is 17.5 Å². The molecule has 0 aromatic heterocycles. The predicted octanol–water partition coefficient (Wildman–Crippen LogP) is 1.50. The van der Waals surface area contributed by atoms with Crippen molar-refractivity contribution in [2.24, 2.45) is 11.7 Å². The molecule has 0 saturated heterocycles. The molecule has 1 aromatic carbocycles. The molecule has 0 fully saturated rings. The third-order valence-electron chi connectivity index (χ3n) is 2.37. The van der Waals surface area contributed by atoms with E-state index in [1.807, 2.05) is 31.2 Å². The summed E-state index contributed by atoms with van der Waals surface area (Å²) in [5, 5.41) is 0. The number of methoxy groups -OCH3 is 1. The number of hydrogen-bond acceptors (Lipinski definition) is 3. The number of hydrogen-bond donors (Lipinski definition) is 1. The van der Waals surface area contributed by atoms with Crippen molar-refractivity contribution in [3.63, 3.8) is 0 Å². The molecule has 3 nitrogen and oxygen atoms in total. The molecule has 1 unspecified atom stereocenters. The highest BCUT2D eigenvalue weighted by Gasteiger charge is 2.13. The monoisotopic (exact) mass is 207 g/mol. The lowest BCUT2D eigenvalue weighted by molar-refractivity contribution is -0.144. The van der Waals surface area contributed by atoms with Crippen molar-refractivity contribution in [3.8, 4) is 0 Å². The molecule has 1 atom stereocenters. The molecule has 0 amide bonds. The molecular weight excluding hydrogens is 190 g/mol. The summed E-state index contributed by atoms with van der Waals surface area (Å²) in [7, 11) is 1.41. The molecule has 0 spiro atoms. The molecule has 0 saturated carbocycles. The summed E-state index contributed by atoms with van der Waals surface area (Å²) in [6.45, 7) is 2.39. The van der Waals surface area contributed by atoms with Crippen LogP contribution < -0.4 is 5.73 Å². The SMILES string of the molecule is COC(=O)C(C)Cc1cccc(CN)c1. The number of carbonyl (C=O) groups excluding carboxylic acids is 1. The zero-order valence-corrected chi connectivity index (χ0v) is 9.19. The van der Waals surface area contributed by atoms with Crippen molar-refractivity contribution >= 4 is 5.97 Å². The van der Waals surface area contributed by atoms with Gasteiger partial charge in [0, 0.05) is 6.54 Å². The Morgan fingerprint density at radius 1 is 1.47 bits per heavy atom. The van der Waals surface area contributed by atoms with Crippen molar-refractivity contribution < 1.29 is 9.53 Å². The Balaban J connectivity index is 2.67. The highest BCUT2D eigenvalue weighted by atomic mass is 16.5. The first-order valence-corrected chi connectivity index (χ1v) is 5.03. The van der Waals surface area contributed by atoms with Crippen LogP contribution in [0.3, 0.4) is 0 Å². The number of benzene rings is 1. The van der Waals surface area contributed by atoms with Crippen LogP contribution in [0.15, 0.2) is 24.3 Å². The molecule has 3 heteroatoms. The van der Waals surface area contributed by atoms with Gasteiger partial charge in [0.05, 0.1) is 13.0 Å². The third-order valence-corrected chi connectivity index (χ3v) is 2.37. The van der Waals surface area contributed by atoms with Crippen LogP contribution >= 0.6 is 0 Å². The Labute approximate surface area is 90.2 Å². The summed E-state index contributed by atoms with van der Waals surface area (Å²) in [4.78, 5) is 11.2. The summed E-state index contributed by atoms with van der Waals surface area (Å²) < 4.78 is 4.68. The summed E-state index contributed by atoms with van der Waals surface area (Å²) in [5.41, 5.74) is 7.75. The second kappa shape index (κ2) is 5.51. The van der Waals surface area contributed by atoms with E-state index in [1.54, 1.807) is 0 Å². The van der Waals surface area contributed by atoms with Crippen molar-refractivity contribution in [2.75, 3.05) is 7.11 Å². The molecule has 0 heterocycles. The van der Waals surface area contributed by atoms with Crippen LogP contribution in [0.5, 0.6) is 0 Å². The molecule has 15 heavy (non-hydrogen) atoms. The molecule has 0 aliphatic carbocycles. The van der Waals surface area contributed by atoms with Gasteiger partial charge in [-0.3, -0.25) is 4.79 Å². The zero-order chi connectivity index (χ0) is 11.3. The lowest BCUT2D eigenvalue weighted by Crippen LogP contribution is -2.15. The summed E-state index contributed by atoms with van der Waals surface area (Å²) in [6.07, 6.45) is 0.695. The van der Waals surface area contributed by atoms with Crippen LogP contribution in [0.1, 0.15) is 18.1 Å². The van der Waals surface area contributed by atoms with Crippen molar-refractivity contribution in [2.45, 2.75) is 19.9 Å². The summed E-state index contributed by atoms with van der Waals surface area (Å²) in [6, 6.07) is 7.96. The Kier molecular flexibility index (Phi) is 4.31. The maximum absolute atomic E-state index is 11.2. The number of rotatable bonds is 4. The number of nitrogens with two attached hydrogens (primary N) is 1. The molecular formula is C12H17NO2.